The van der Waals surface area contributed by atoms with E-state index in [1.54, 1.807) is 0 Å². The zero-order valence-electron chi connectivity index (χ0n) is 13.5. The van der Waals surface area contributed by atoms with Gasteiger partial charge in [-0.05, 0) is 34.5 Å². The van der Waals surface area contributed by atoms with Crippen LogP contribution in [0.3, 0.4) is 0 Å². The van der Waals surface area contributed by atoms with Crippen LogP contribution in [0.1, 0.15) is 5.56 Å². The average molecular weight is 404 g/mol. The fourth-order valence-corrected chi connectivity index (χ4v) is 4.85. The Hall–Kier alpha value is -1.91. The van der Waals surface area contributed by atoms with Crippen molar-refractivity contribution in [3.63, 3.8) is 0 Å². The van der Waals surface area contributed by atoms with Crippen LogP contribution >= 0.6 is 11.3 Å². The number of nitrogens with zero attached hydrogens (tertiary/aromatic N) is 2. The van der Waals surface area contributed by atoms with E-state index >= 15 is 0 Å². The van der Waals surface area contributed by atoms with E-state index in [2.05, 4.69) is 0 Å². The molecule has 2 heterocycles. The van der Waals surface area contributed by atoms with Crippen LogP contribution in [0.2, 0.25) is 0 Å². The summed E-state index contributed by atoms with van der Waals surface area (Å²) in [5, 5.41) is 3.73. The summed E-state index contributed by atoms with van der Waals surface area (Å²) < 4.78 is 66.2. The Morgan fingerprint density at radius 3 is 2.35 bits per heavy atom. The normalized spacial score (nSPS) is 16.0. The minimum absolute atomic E-state index is 0.0455. The molecule has 0 spiro atoms. The van der Waals surface area contributed by atoms with Crippen molar-refractivity contribution < 1.29 is 26.4 Å². The lowest BCUT2D eigenvalue weighted by Gasteiger charge is -2.34. The number of benzene rings is 1. The van der Waals surface area contributed by atoms with E-state index < -0.39 is 32.4 Å². The Kier molecular flexibility index (Phi) is 5.35. The van der Waals surface area contributed by atoms with Gasteiger partial charge in [0.25, 0.3) is 0 Å². The van der Waals surface area contributed by atoms with Gasteiger partial charge in [-0.15, -0.1) is 0 Å². The zero-order chi connectivity index (χ0) is 18.9. The van der Waals surface area contributed by atoms with E-state index in [9.17, 15) is 26.4 Å². The van der Waals surface area contributed by atoms with Crippen molar-refractivity contribution in [2.75, 3.05) is 26.2 Å². The molecule has 0 aliphatic carbocycles. The second-order valence-electron chi connectivity index (χ2n) is 5.77. The van der Waals surface area contributed by atoms with Crippen molar-refractivity contribution in [3.8, 4) is 0 Å². The molecule has 1 fully saturated rings. The molecule has 1 saturated heterocycles. The fraction of sp³-hybridized carbons (Fsp3) is 0.312. The van der Waals surface area contributed by atoms with Crippen LogP contribution in [0.4, 0.5) is 13.2 Å². The van der Waals surface area contributed by atoms with E-state index in [1.165, 1.54) is 16.2 Å². The number of amides is 1. The summed E-state index contributed by atoms with van der Waals surface area (Å²) in [5.74, 6) is -5.14. The Bertz CT molecular complexity index is 909. The molecule has 1 aliphatic rings. The Labute approximate surface area is 152 Å². The van der Waals surface area contributed by atoms with Crippen LogP contribution in [0.5, 0.6) is 0 Å². The molecule has 140 valence electrons. The van der Waals surface area contributed by atoms with Gasteiger partial charge in [-0.25, -0.2) is 21.6 Å². The number of hydrogen-bond donors (Lipinski definition) is 0. The highest BCUT2D eigenvalue weighted by Crippen LogP contribution is 2.24. The van der Waals surface area contributed by atoms with E-state index in [-0.39, 0.29) is 38.5 Å². The quantitative estimate of drug-likeness (QED) is 0.735. The maximum Gasteiger partial charge on any atom is 0.246 e. The van der Waals surface area contributed by atoms with Gasteiger partial charge in [0.2, 0.25) is 15.9 Å². The number of carbonyl (C=O) groups is 1. The molecule has 5 nitrogen and oxygen atoms in total. The molecule has 0 N–H and O–H groups in total. The number of sulfonamides is 1. The molecule has 26 heavy (non-hydrogen) atoms. The summed E-state index contributed by atoms with van der Waals surface area (Å²) in [4.78, 5) is 12.9. The van der Waals surface area contributed by atoms with Gasteiger partial charge in [0.15, 0.2) is 17.5 Å². The van der Waals surface area contributed by atoms with Gasteiger partial charge in [0.1, 0.15) is 4.90 Å². The minimum atomic E-state index is -4.32. The first-order valence-corrected chi connectivity index (χ1v) is 10.1. The summed E-state index contributed by atoms with van der Waals surface area (Å²) >= 11 is 1.48. The van der Waals surface area contributed by atoms with E-state index in [4.69, 9.17) is 0 Å². The number of carbonyl (C=O) groups excluding carboxylic acids is 1. The van der Waals surface area contributed by atoms with Gasteiger partial charge in [0, 0.05) is 26.2 Å². The molecule has 2 aromatic rings. The van der Waals surface area contributed by atoms with Crippen LogP contribution in [-0.4, -0.2) is 49.7 Å². The van der Waals surface area contributed by atoms with Crippen molar-refractivity contribution >= 4 is 27.3 Å². The van der Waals surface area contributed by atoms with Gasteiger partial charge in [-0.3, -0.25) is 4.79 Å². The molecule has 1 aromatic heterocycles. The molecular weight excluding hydrogens is 389 g/mol. The van der Waals surface area contributed by atoms with Crippen molar-refractivity contribution in [2.24, 2.45) is 0 Å². The maximum absolute atomic E-state index is 13.8. The van der Waals surface area contributed by atoms with Gasteiger partial charge in [-0.1, -0.05) is 0 Å². The van der Waals surface area contributed by atoms with Crippen LogP contribution in [0.25, 0.3) is 0 Å². The van der Waals surface area contributed by atoms with Gasteiger partial charge in [-0.2, -0.15) is 15.6 Å². The summed E-state index contributed by atoms with van der Waals surface area (Å²) in [6.07, 6.45) is 0.230. The number of hydrogen-bond acceptors (Lipinski definition) is 4. The molecule has 1 aliphatic heterocycles. The molecule has 10 heteroatoms. The number of thiophene rings is 1. The highest BCUT2D eigenvalue weighted by atomic mass is 32.2. The molecule has 0 atom stereocenters. The Morgan fingerprint density at radius 1 is 1.04 bits per heavy atom. The van der Waals surface area contributed by atoms with Gasteiger partial charge >= 0.3 is 0 Å². The predicted octanol–water partition coefficient (Wildman–Crippen LogP) is 2.24. The minimum Gasteiger partial charge on any atom is -0.340 e. The fourth-order valence-electron chi connectivity index (χ4n) is 2.70. The summed E-state index contributed by atoms with van der Waals surface area (Å²) in [5.41, 5.74) is 0.888. The third-order valence-corrected chi connectivity index (χ3v) is 6.79. The van der Waals surface area contributed by atoms with Gasteiger partial charge < -0.3 is 4.90 Å². The molecule has 0 radical (unpaired) electrons. The molecule has 1 aromatic carbocycles. The first-order chi connectivity index (χ1) is 12.3. The largest absolute Gasteiger partial charge is 0.340 e. The third-order valence-electron chi connectivity index (χ3n) is 4.14. The average Bonchev–Trinajstić information content (AvgIpc) is 3.12. The van der Waals surface area contributed by atoms with Crippen molar-refractivity contribution in [3.05, 3.63) is 52.0 Å². The monoisotopic (exact) mass is 404 g/mol. The standard InChI is InChI=1S/C16H15F3N2O3S2/c17-12-1-2-13(16(19)15(12)18)26(23,24)21-6-4-20(5-7-21)14(22)9-11-3-8-25-10-11/h1-3,8,10H,4-7,9H2. The van der Waals surface area contributed by atoms with Gasteiger partial charge in [0.05, 0.1) is 6.42 Å². The van der Waals surface area contributed by atoms with E-state index in [0.717, 1.165) is 9.87 Å². The topological polar surface area (TPSA) is 57.7 Å². The first kappa shape index (κ1) is 18.9. The highest BCUT2D eigenvalue weighted by Gasteiger charge is 2.33. The first-order valence-electron chi connectivity index (χ1n) is 7.73. The third kappa shape index (κ3) is 3.62. The van der Waals surface area contributed by atoms with Crippen LogP contribution in [0.15, 0.2) is 33.9 Å². The van der Waals surface area contributed by atoms with Crippen LogP contribution in [-0.2, 0) is 21.2 Å². The summed E-state index contributed by atoms with van der Waals surface area (Å²) in [6, 6.07) is 3.12. The number of rotatable bonds is 4. The number of halogens is 3. The SMILES string of the molecule is O=C(Cc1ccsc1)N1CCN(S(=O)(=O)c2ccc(F)c(F)c2F)CC1. The van der Waals surface area contributed by atoms with Crippen LogP contribution in [0, 0.1) is 17.5 Å². The summed E-state index contributed by atoms with van der Waals surface area (Å²) in [7, 11) is -4.32. The van der Waals surface area contributed by atoms with Crippen molar-refractivity contribution in [2.45, 2.75) is 11.3 Å². The molecule has 0 unspecified atom stereocenters. The molecule has 3 rings (SSSR count). The summed E-state index contributed by atoms with van der Waals surface area (Å²) in [6.45, 7) is 0.202. The second-order valence-corrected chi connectivity index (χ2v) is 8.45. The van der Waals surface area contributed by atoms with Crippen molar-refractivity contribution in [1.82, 2.24) is 9.21 Å². The molecule has 0 saturated carbocycles. The second kappa shape index (κ2) is 7.37. The smallest absolute Gasteiger partial charge is 0.246 e. The Morgan fingerprint density at radius 2 is 1.73 bits per heavy atom. The van der Waals surface area contributed by atoms with E-state index in [0.29, 0.717) is 12.1 Å². The lowest BCUT2D eigenvalue weighted by molar-refractivity contribution is -0.131. The molecule has 1 amide bonds. The lowest BCUT2D eigenvalue weighted by Crippen LogP contribution is -2.51. The number of piperazine rings is 1. The maximum atomic E-state index is 13.8. The zero-order valence-corrected chi connectivity index (χ0v) is 15.1. The van der Waals surface area contributed by atoms with Crippen LogP contribution < -0.4 is 0 Å². The highest BCUT2D eigenvalue weighted by molar-refractivity contribution is 7.89. The van der Waals surface area contributed by atoms with Crippen molar-refractivity contribution in [1.29, 1.82) is 0 Å². The molecule has 0 bridgehead atoms. The Balaban J connectivity index is 1.69. The predicted molar refractivity (Wildman–Crippen MR) is 89.7 cm³/mol. The van der Waals surface area contributed by atoms with E-state index in [1.807, 2.05) is 16.8 Å². The molecular formula is C16H15F3N2O3S2. The lowest BCUT2D eigenvalue weighted by atomic mass is 10.2.